The molecule has 9 nitrogen and oxygen atoms in total. The van der Waals surface area contributed by atoms with Gasteiger partial charge >= 0.3 is 0 Å². The van der Waals surface area contributed by atoms with E-state index in [1.165, 1.54) is 12.1 Å². The van der Waals surface area contributed by atoms with Gasteiger partial charge in [0.05, 0.1) is 43.1 Å². The number of benzene rings is 1. The van der Waals surface area contributed by atoms with Gasteiger partial charge in [0.25, 0.3) is 0 Å². The molecule has 1 fully saturated rings. The minimum absolute atomic E-state index is 0.0375. The predicted molar refractivity (Wildman–Crippen MR) is 134 cm³/mol. The lowest BCUT2D eigenvalue weighted by Crippen LogP contribution is -2.26. The van der Waals surface area contributed by atoms with Crippen molar-refractivity contribution in [2.75, 3.05) is 25.1 Å². The number of ether oxygens (including phenoxy) is 1. The molecule has 0 bridgehead atoms. The number of nitrogens with zero attached hydrogens (tertiary/aromatic N) is 5. The molecule has 5 rings (SSSR count). The van der Waals surface area contributed by atoms with E-state index in [0.717, 1.165) is 60.2 Å². The van der Waals surface area contributed by atoms with Crippen LogP contribution in [0.1, 0.15) is 44.7 Å². The van der Waals surface area contributed by atoms with E-state index in [1.807, 2.05) is 19.2 Å². The van der Waals surface area contributed by atoms with Crippen molar-refractivity contribution in [2.45, 2.75) is 50.8 Å². The summed E-state index contributed by atoms with van der Waals surface area (Å²) in [5, 5.41) is 32.6. The van der Waals surface area contributed by atoms with E-state index >= 15 is 0 Å². The zero-order chi connectivity index (χ0) is 25.1. The van der Waals surface area contributed by atoms with Crippen molar-refractivity contribution in [3.63, 3.8) is 0 Å². The van der Waals surface area contributed by atoms with Crippen LogP contribution in [-0.2, 0) is 0 Å². The maximum atomic E-state index is 13.5. The average Bonchev–Trinajstić information content (AvgIpc) is 3.51. The SMILES string of the molecule is CCNc1cc2c(cn1)c(-c1cnn(C(CO)CO)c1)nn2[C@H]1CC[C@@H](Oc2cccc(F)c2)CC1. The Morgan fingerprint density at radius 1 is 1.14 bits per heavy atom. The Bertz CT molecular complexity index is 1310. The van der Waals surface area contributed by atoms with Crippen LogP contribution in [0.15, 0.2) is 48.9 Å². The molecule has 1 aliphatic rings. The van der Waals surface area contributed by atoms with Crippen molar-refractivity contribution in [3.05, 3.63) is 54.7 Å². The number of hydrogen-bond acceptors (Lipinski definition) is 7. The van der Waals surface area contributed by atoms with Gasteiger partial charge in [-0.2, -0.15) is 10.2 Å². The van der Waals surface area contributed by atoms with Gasteiger partial charge in [-0.15, -0.1) is 0 Å². The summed E-state index contributed by atoms with van der Waals surface area (Å²) in [6.07, 6.45) is 8.81. The first-order valence-electron chi connectivity index (χ1n) is 12.4. The second-order valence-electron chi connectivity index (χ2n) is 9.14. The first-order chi connectivity index (χ1) is 17.6. The van der Waals surface area contributed by atoms with Crippen LogP contribution in [-0.4, -0.2) is 60.6 Å². The van der Waals surface area contributed by atoms with Gasteiger partial charge in [-0.05, 0) is 44.7 Å². The molecule has 0 amide bonds. The van der Waals surface area contributed by atoms with Crippen molar-refractivity contribution < 1.29 is 19.3 Å². The number of rotatable bonds is 9. The summed E-state index contributed by atoms with van der Waals surface area (Å²) in [7, 11) is 0. The van der Waals surface area contributed by atoms with Crippen LogP contribution in [0.2, 0.25) is 0 Å². The molecule has 36 heavy (non-hydrogen) atoms. The van der Waals surface area contributed by atoms with Crippen molar-refractivity contribution in [3.8, 4) is 17.0 Å². The predicted octanol–water partition coefficient (Wildman–Crippen LogP) is 3.95. The lowest BCUT2D eigenvalue weighted by Gasteiger charge is -2.29. The molecule has 10 heteroatoms. The Morgan fingerprint density at radius 2 is 1.94 bits per heavy atom. The summed E-state index contributed by atoms with van der Waals surface area (Å²) in [5.41, 5.74) is 2.55. The Balaban J connectivity index is 1.42. The van der Waals surface area contributed by atoms with Gasteiger partial charge < -0.3 is 20.3 Å². The minimum Gasteiger partial charge on any atom is -0.490 e. The lowest BCUT2D eigenvalue weighted by molar-refractivity contribution is 0.130. The van der Waals surface area contributed by atoms with E-state index in [2.05, 4.69) is 20.1 Å². The maximum absolute atomic E-state index is 13.5. The van der Waals surface area contributed by atoms with Crippen LogP contribution in [0.4, 0.5) is 10.2 Å². The fourth-order valence-electron chi connectivity index (χ4n) is 4.83. The zero-order valence-corrected chi connectivity index (χ0v) is 20.2. The fraction of sp³-hybridized carbons (Fsp3) is 0.423. The molecule has 1 aliphatic carbocycles. The van der Waals surface area contributed by atoms with Gasteiger partial charge in [-0.25, -0.2) is 9.37 Å². The van der Waals surface area contributed by atoms with E-state index < -0.39 is 6.04 Å². The molecule has 1 saturated carbocycles. The number of pyridine rings is 1. The molecule has 0 radical (unpaired) electrons. The number of aliphatic hydroxyl groups excluding tert-OH is 2. The summed E-state index contributed by atoms with van der Waals surface area (Å²) in [5.74, 6) is 1.05. The van der Waals surface area contributed by atoms with Crippen LogP contribution in [0.5, 0.6) is 5.75 Å². The molecule has 3 heterocycles. The first kappa shape index (κ1) is 24.2. The monoisotopic (exact) mass is 494 g/mol. The molecule has 0 spiro atoms. The number of halogens is 1. The highest BCUT2D eigenvalue weighted by Crippen LogP contribution is 2.36. The third-order valence-corrected chi connectivity index (χ3v) is 6.71. The summed E-state index contributed by atoms with van der Waals surface area (Å²) >= 11 is 0. The van der Waals surface area contributed by atoms with Crippen LogP contribution >= 0.6 is 0 Å². The third-order valence-electron chi connectivity index (χ3n) is 6.71. The first-order valence-corrected chi connectivity index (χ1v) is 12.4. The quantitative estimate of drug-likeness (QED) is 0.323. The van der Waals surface area contributed by atoms with Gasteiger partial charge in [-0.3, -0.25) is 9.36 Å². The highest BCUT2D eigenvalue weighted by atomic mass is 19.1. The molecule has 3 N–H and O–H groups in total. The molecular formula is C26H31FN6O3. The van der Waals surface area contributed by atoms with Crippen molar-refractivity contribution in [1.82, 2.24) is 24.5 Å². The second kappa shape index (κ2) is 10.6. The number of hydrogen-bond donors (Lipinski definition) is 3. The van der Waals surface area contributed by atoms with Gasteiger partial charge in [0.15, 0.2) is 0 Å². The topological polar surface area (TPSA) is 110 Å². The van der Waals surface area contributed by atoms with Gasteiger partial charge in [0.1, 0.15) is 23.1 Å². The van der Waals surface area contributed by atoms with Crippen LogP contribution in [0, 0.1) is 5.82 Å². The van der Waals surface area contributed by atoms with E-state index in [0.29, 0.717) is 5.75 Å². The van der Waals surface area contributed by atoms with Crippen molar-refractivity contribution in [2.24, 2.45) is 0 Å². The zero-order valence-electron chi connectivity index (χ0n) is 20.2. The second-order valence-corrected chi connectivity index (χ2v) is 9.14. The highest BCUT2D eigenvalue weighted by molar-refractivity contribution is 5.93. The number of aliphatic hydroxyl groups is 2. The summed E-state index contributed by atoms with van der Waals surface area (Å²) in [6.45, 7) is 2.38. The van der Waals surface area contributed by atoms with Crippen molar-refractivity contribution >= 4 is 16.7 Å². The summed E-state index contributed by atoms with van der Waals surface area (Å²) in [4.78, 5) is 4.56. The number of fused-ring (bicyclic) bond motifs is 1. The number of aromatic nitrogens is 5. The normalized spacial score (nSPS) is 18.1. The van der Waals surface area contributed by atoms with Crippen molar-refractivity contribution in [1.29, 1.82) is 0 Å². The third kappa shape index (κ3) is 4.91. The Hall–Kier alpha value is -3.50. The molecule has 3 aromatic heterocycles. The van der Waals surface area contributed by atoms with E-state index in [-0.39, 0.29) is 31.2 Å². The van der Waals surface area contributed by atoms with Crippen LogP contribution in [0.3, 0.4) is 0 Å². The fourth-order valence-corrected chi connectivity index (χ4v) is 4.83. The Labute approximate surface area is 208 Å². The van der Waals surface area contributed by atoms with E-state index in [1.54, 1.807) is 29.2 Å². The molecule has 0 aliphatic heterocycles. The molecule has 4 aromatic rings. The van der Waals surface area contributed by atoms with Gasteiger partial charge in [0.2, 0.25) is 0 Å². The molecule has 1 aromatic carbocycles. The highest BCUT2D eigenvalue weighted by Gasteiger charge is 2.27. The summed E-state index contributed by atoms with van der Waals surface area (Å²) < 4.78 is 23.2. The minimum atomic E-state index is -0.501. The van der Waals surface area contributed by atoms with Crippen LogP contribution in [0.25, 0.3) is 22.2 Å². The molecule has 0 atom stereocenters. The smallest absolute Gasteiger partial charge is 0.128 e. The molecule has 0 saturated heterocycles. The Morgan fingerprint density at radius 3 is 2.67 bits per heavy atom. The van der Waals surface area contributed by atoms with Crippen LogP contribution < -0.4 is 10.1 Å². The van der Waals surface area contributed by atoms with E-state index in [4.69, 9.17) is 9.84 Å². The van der Waals surface area contributed by atoms with E-state index in [9.17, 15) is 14.6 Å². The van der Waals surface area contributed by atoms with Gasteiger partial charge in [0, 0.05) is 42.0 Å². The lowest BCUT2D eigenvalue weighted by atomic mass is 9.93. The number of anilines is 1. The molecule has 0 unspecified atom stereocenters. The standard InChI is InChI=1S/C26H31FN6O3/c1-2-28-25-11-24-23(13-29-25)26(17-12-30-32(14-17)20(15-34)16-35)31-33(24)19-6-8-21(9-7-19)36-22-5-3-4-18(27)10-22/h3-5,10-14,19-21,34-35H,2,6-9,15-16H2,1H3,(H,28,29)/t19-,21+. The summed E-state index contributed by atoms with van der Waals surface area (Å²) in [6, 6.07) is 8.00. The van der Waals surface area contributed by atoms with Gasteiger partial charge in [-0.1, -0.05) is 6.07 Å². The number of nitrogens with one attached hydrogen (secondary N) is 1. The molecular weight excluding hydrogens is 463 g/mol. The average molecular weight is 495 g/mol. The molecule has 190 valence electrons. The largest absolute Gasteiger partial charge is 0.490 e. The Kier molecular flexibility index (Phi) is 7.15. The maximum Gasteiger partial charge on any atom is 0.128 e.